The third kappa shape index (κ3) is 4.72. The highest BCUT2D eigenvalue weighted by Crippen LogP contribution is 2.49. The molecule has 11 rings (SSSR count). The highest BCUT2D eigenvalue weighted by Gasteiger charge is 2.22. The van der Waals surface area contributed by atoms with Crippen LogP contribution in [0.25, 0.3) is 110 Å². The zero-order chi connectivity index (χ0) is 62.7. The van der Waals surface area contributed by atoms with Gasteiger partial charge in [-0.25, -0.2) is 0 Å². The average Bonchev–Trinajstić information content (AvgIpc) is 1.11. The summed E-state index contributed by atoms with van der Waals surface area (Å²) >= 11 is 0. The molecule has 1 aromatic heterocycles. The second-order valence-corrected chi connectivity index (χ2v) is 12.0. The molecule has 0 amide bonds. The number of benzene rings is 10. The summed E-state index contributed by atoms with van der Waals surface area (Å²) in [6.45, 7) is 1.24. The smallest absolute Gasteiger partial charge is 0.138 e. The maximum Gasteiger partial charge on any atom is 0.138 e. The summed E-state index contributed by atoms with van der Waals surface area (Å²) in [5.74, 6) is 0. The van der Waals surface area contributed by atoms with E-state index in [1.54, 1.807) is 0 Å². The fourth-order valence-electron chi connectivity index (χ4n) is 6.69. The van der Waals surface area contributed by atoms with E-state index in [0.717, 1.165) is 0 Å². The van der Waals surface area contributed by atoms with E-state index in [2.05, 4.69) is 0 Å². The maximum atomic E-state index is 10.1. The topological polar surface area (TPSA) is 13.1 Å². The van der Waals surface area contributed by atoms with Gasteiger partial charge in [0.15, 0.2) is 0 Å². The number of hydrogen-bond donors (Lipinski definition) is 0. The molecule has 0 bridgehead atoms. The van der Waals surface area contributed by atoms with Crippen LogP contribution in [0, 0.1) is 6.92 Å². The summed E-state index contributed by atoms with van der Waals surface area (Å²) in [7, 11) is 0. The number of furan rings is 1. The summed E-state index contributed by atoms with van der Waals surface area (Å²) in [6, 6.07) is -29.5. The molecule has 0 spiro atoms. The molecule has 10 aromatic carbocycles. The third-order valence-electron chi connectivity index (χ3n) is 8.99. The number of fused-ring (bicyclic) bond motifs is 7. The second kappa shape index (κ2) is 12.0. The van der Waals surface area contributed by atoms with Crippen LogP contribution >= 0.6 is 0 Å². The minimum Gasteiger partial charge on any atom is -0.456 e. The van der Waals surface area contributed by atoms with E-state index in [0.29, 0.717) is 0 Å². The molecule has 0 saturated heterocycles. The molecule has 1 nitrogen and oxygen atoms in total. The van der Waals surface area contributed by atoms with Crippen molar-refractivity contribution >= 4 is 65.0 Å². The van der Waals surface area contributed by atoms with Gasteiger partial charge in [0.25, 0.3) is 0 Å². The monoisotopic (exact) mass is 717 g/mol. The fraction of sp³-hybridized carbons (Fsp3) is 0.0189. The van der Waals surface area contributed by atoms with Gasteiger partial charge in [-0.15, -0.1) is 0 Å². The molecular weight excluding hydrogens is 653 g/mol. The molecule has 0 aliphatic carbocycles. The van der Waals surface area contributed by atoms with E-state index in [4.69, 9.17) is 25.0 Å². The molecule has 11 aromatic rings. The first-order valence-corrected chi connectivity index (χ1v) is 16.2. The molecule has 0 saturated carbocycles. The summed E-state index contributed by atoms with van der Waals surface area (Å²) in [6.07, 6.45) is 0. The molecule has 0 radical (unpaired) electrons. The first kappa shape index (κ1) is 12.9. The predicted molar refractivity (Wildman–Crippen MR) is 230 cm³/mol. The molecule has 0 aliphatic heterocycles. The standard InChI is InChI=1S/C53H34O/c1-33-29-40(31-48-43-28-26-38(32-49(43)54-53(33)48)34-13-3-2-4-14-34)42-27-25-36-16-7-8-18-41(36)51(42)52-46-21-11-9-19-44(46)50(45-20-10-12-22-47(45)52)39-24-23-35-15-5-6-17-37(35)30-39/h2-32H,1H3/i2D,3D,4D,5D,6D,7D,8D,9D,10D,11D,12D,13D,14D,15D,16D,17D,18D,19D,20D,21D,22D,23D,24D,25D,26D,27D,28D,29D,30D,31D,32D. The van der Waals surface area contributed by atoms with Crippen molar-refractivity contribution in [2.75, 3.05) is 0 Å². The van der Waals surface area contributed by atoms with Gasteiger partial charge in [-0.2, -0.15) is 0 Å². The summed E-state index contributed by atoms with van der Waals surface area (Å²) < 4.78 is 290. The zero-order valence-electron chi connectivity index (χ0n) is 58.4. The van der Waals surface area contributed by atoms with Gasteiger partial charge in [0.1, 0.15) is 11.2 Å². The molecule has 252 valence electrons. The van der Waals surface area contributed by atoms with E-state index in [-0.39, 0.29) is 5.56 Å². The first-order chi connectivity index (χ1) is 39.6. The Morgan fingerprint density at radius 2 is 0.944 bits per heavy atom. The Kier molecular flexibility index (Phi) is 2.87. The van der Waals surface area contributed by atoms with Gasteiger partial charge < -0.3 is 4.42 Å². The summed E-state index contributed by atoms with van der Waals surface area (Å²) in [5, 5.41) is -7.12. The third-order valence-corrected chi connectivity index (χ3v) is 8.99. The van der Waals surface area contributed by atoms with Gasteiger partial charge in [-0.05, 0) is 130 Å². The lowest BCUT2D eigenvalue weighted by Gasteiger charge is -2.21. The van der Waals surface area contributed by atoms with E-state index in [1.807, 2.05) is 0 Å². The second-order valence-electron chi connectivity index (χ2n) is 12.0. The van der Waals surface area contributed by atoms with Gasteiger partial charge in [-0.3, -0.25) is 0 Å². The molecule has 54 heavy (non-hydrogen) atoms. The van der Waals surface area contributed by atoms with Gasteiger partial charge in [0.2, 0.25) is 0 Å². The Balaban J connectivity index is 1.45. The number of aryl methyl sites for hydroxylation is 1. The largest absolute Gasteiger partial charge is 0.456 e. The zero-order valence-corrected chi connectivity index (χ0v) is 27.4. The Bertz CT molecular complexity index is 4970. The van der Waals surface area contributed by atoms with Crippen molar-refractivity contribution in [3.05, 3.63) is 193 Å². The van der Waals surface area contributed by atoms with Crippen LogP contribution in [0.2, 0.25) is 0 Å². The van der Waals surface area contributed by atoms with Crippen LogP contribution in [0.15, 0.2) is 192 Å². The minimum atomic E-state index is -1.08. The van der Waals surface area contributed by atoms with Crippen LogP contribution in [-0.2, 0) is 0 Å². The van der Waals surface area contributed by atoms with Gasteiger partial charge in [0.05, 0.1) is 42.5 Å². The van der Waals surface area contributed by atoms with Crippen molar-refractivity contribution < 1.29 is 46.9 Å². The lowest BCUT2D eigenvalue weighted by Crippen LogP contribution is -1.94. The van der Waals surface area contributed by atoms with Crippen molar-refractivity contribution in [2.24, 2.45) is 0 Å². The van der Waals surface area contributed by atoms with Crippen LogP contribution in [0.1, 0.15) is 48.1 Å². The first-order valence-electron chi connectivity index (χ1n) is 31.7. The molecule has 0 N–H and O–H groups in total. The lowest BCUT2D eigenvalue weighted by molar-refractivity contribution is 0.666. The quantitative estimate of drug-likeness (QED) is 0.165. The molecule has 1 heterocycles. The Hall–Kier alpha value is -6.96. The van der Waals surface area contributed by atoms with E-state index in [1.165, 1.54) is 6.92 Å². The van der Waals surface area contributed by atoms with Crippen LogP contribution in [0.4, 0.5) is 0 Å². The molecule has 0 fully saturated rings. The fourth-order valence-corrected chi connectivity index (χ4v) is 6.69. The van der Waals surface area contributed by atoms with Gasteiger partial charge in [-0.1, -0.05) is 157 Å². The van der Waals surface area contributed by atoms with Crippen LogP contribution in [0.5, 0.6) is 0 Å². The predicted octanol–water partition coefficient (Wildman–Crippen LogP) is 15.2. The number of hydrogen-bond acceptors (Lipinski definition) is 1. The minimum absolute atomic E-state index is 0.279. The van der Waals surface area contributed by atoms with Crippen molar-refractivity contribution in [3.8, 4) is 44.5 Å². The lowest BCUT2D eigenvalue weighted by atomic mass is 9.81. The molecule has 0 atom stereocenters. The maximum absolute atomic E-state index is 10.1. The highest BCUT2D eigenvalue weighted by atomic mass is 16.3. The normalized spacial score (nSPS) is 19.8. The van der Waals surface area contributed by atoms with Crippen molar-refractivity contribution in [2.45, 2.75) is 6.92 Å². The number of rotatable bonds is 4. The van der Waals surface area contributed by atoms with Crippen LogP contribution in [-0.4, -0.2) is 0 Å². The van der Waals surface area contributed by atoms with Gasteiger partial charge in [0, 0.05) is 10.8 Å². The summed E-state index contributed by atoms with van der Waals surface area (Å²) in [5.41, 5.74) is -7.47. The van der Waals surface area contributed by atoms with E-state index in [9.17, 15) is 21.9 Å². The van der Waals surface area contributed by atoms with Crippen molar-refractivity contribution in [3.63, 3.8) is 0 Å². The molecule has 0 unspecified atom stereocenters. The Labute approximate surface area is 356 Å². The Morgan fingerprint density at radius 1 is 0.352 bits per heavy atom. The van der Waals surface area contributed by atoms with Crippen molar-refractivity contribution in [1.29, 1.82) is 0 Å². The van der Waals surface area contributed by atoms with Crippen LogP contribution < -0.4 is 0 Å². The van der Waals surface area contributed by atoms with Gasteiger partial charge >= 0.3 is 0 Å². The van der Waals surface area contributed by atoms with E-state index >= 15 is 0 Å². The van der Waals surface area contributed by atoms with E-state index < -0.39 is 297 Å². The Morgan fingerprint density at radius 3 is 1.69 bits per heavy atom. The summed E-state index contributed by atoms with van der Waals surface area (Å²) in [4.78, 5) is 0. The average molecular weight is 718 g/mol. The SMILES string of the molecule is [2H]c1c([2H])c([2H])c(-c2c([2H])c([2H])c3c(oc4c(C)c([2H])c(-c5c([2H])c([2H])c6c([2H])c([2H])c([2H])c([2H])c6c5-c5c6c([2H])c([2H])c([2H])c([2H])c6c(-c6c([2H])c([2H])c7c([2H])c([2H])c([2H])c([2H])c7c6[2H])c6c([2H])c([2H])c([2H])c([2H])c56)c([2H])c43)c2[2H])c([2H])c1[2H]. The molecule has 1 heteroatoms. The van der Waals surface area contributed by atoms with Crippen LogP contribution in [0.3, 0.4) is 0 Å². The molecular formula is C53H34O. The molecule has 0 aliphatic rings. The highest BCUT2D eigenvalue weighted by molar-refractivity contribution is 6.25. The van der Waals surface area contributed by atoms with Crippen molar-refractivity contribution in [1.82, 2.24) is 0 Å².